The minimum absolute atomic E-state index is 0.0572. The van der Waals surface area contributed by atoms with Crippen LogP contribution in [0.4, 0.5) is 5.69 Å². The first-order chi connectivity index (χ1) is 14.3. The Morgan fingerprint density at radius 2 is 2.00 bits per heavy atom. The number of carbonyl (C=O) groups is 1. The number of anilines is 1. The van der Waals surface area contributed by atoms with Crippen molar-refractivity contribution in [1.82, 2.24) is 5.32 Å². The van der Waals surface area contributed by atoms with Crippen molar-refractivity contribution >= 4 is 21.6 Å². The highest BCUT2D eigenvalue weighted by Crippen LogP contribution is 2.35. The van der Waals surface area contributed by atoms with Crippen molar-refractivity contribution in [2.24, 2.45) is 0 Å². The Kier molecular flexibility index (Phi) is 6.55. The van der Waals surface area contributed by atoms with Gasteiger partial charge in [-0.2, -0.15) is 0 Å². The van der Waals surface area contributed by atoms with Crippen molar-refractivity contribution in [3.8, 4) is 11.5 Å². The van der Waals surface area contributed by atoms with Gasteiger partial charge in [-0.3, -0.25) is 9.10 Å². The van der Waals surface area contributed by atoms with E-state index in [0.717, 1.165) is 16.9 Å². The molecule has 0 spiro atoms. The number of carbonyl (C=O) groups excluding carboxylic acids is 1. The van der Waals surface area contributed by atoms with Crippen molar-refractivity contribution < 1.29 is 22.7 Å². The maximum Gasteiger partial charge on any atom is 0.263 e. The Bertz CT molecular complexity index is 1020. The summed E-state index contributed by atoms with van der Waals surface area (Å²) in [6.07, 6.45) is -0.257. The van der Waals surface area contributed by atoms with Crippen molar-refractivity contribution in [3.63, 3.8) is 0 Å². The average molecular weight is 433 g/mol. The van der Waals surface area contributed by atoms with Crippen LogP contribution < -0.4 is 19.1 Å². The molecule has 3 rings (SSSR count). The molecule has 1 aliphatic heterocycles. The number of sulfonamides is 1. The summed E-state index contributed by atoms with van der Waals surface area (Å²) in [6, 6.07) is 12.4. The van der Waals surface area contributed by atoms with E-state index in [1.165, 1.54) is 4.31 Å². The summed E-state index contributed by atoms with van der Waals surface area (Å²) in [6.45, 7) is 5.46. The van der Waals surface area contributed by atoms with Gasteiger partial charge >= 0.3 is 0 Å². The zero-order chi connectivity index (χ0) is 21.9. The molecule has 1 heterocycles. The third-order valence-electron chi connectivity index (χ3n) is 5.27. The highest BCUT2D eigenvalue weighted by atomic mass is 32.2. The number of fused-ring (bicyclic) bond motifs is 1. The zero-order valence-corrected chi connectivity index (χ0v) is 18.5. The van der Waals surface area contributed by atoms with Gasteiger partial charge in [-0.1, -0.05) is 31.2 Å². The lowest BCUT2D eigenvalue weighted by atomic mass is 10.0. The monoisotopic (exact) mass is 432 g/mol. The quantitative estimate of drug-likeness (QED) is 0.726. The molecule has 2 aromatic carbocycles. The van der Waals surface area contributed by atoms with Gasteiger partial charge in [0, 0.05) is 0 Å². The third-order valence-corrected chi connectivity index (χ3v) is 7.02. The lowest BCUT2D eigenvalue weighted by Crippen LogP contribution is -2.51. The highest BCUT2D eigenvalue weighted by molar-refractivity contribution is 7.92. The molecule has 0 fully saturated rings. The Labute approximate surface area is 178 Å². The summed E-state index contributed by atoms with van der Waals surface area (Å²) in [5.74, 6) is 0.765. The third kappa shape index (κ3) is 4.38. The molecule has 2 atom stereocenters. The van der Waals surface area contributed by atoms with Crippen molar-refractivity contribution in [3.05, 3.63) is 53.6 Å². The lowest BCUT2D eigenvalue weighted by molar-refractivity contribution is -0.128. The second kappa shape index (κ2) is 8.95. The molecule has 0 saturated heterocycles. The van der Waals surface area contributed by atoms with E-state index in [-0.39, 0.29) is 24.2 Å². The predicted octanol–water partition coefficient (Wildman–Crippen LogP) is 3.19. The van der Waals surface area contributed by atoms with E-state index in [9.17, 15) is 13.2 Å². The van der Waals surface area contributed by atoms with Crippen LogP contribution in [0, 0.1) is 6.92 Å². The normalized spacial score (nSPS) is 16.9. The van der Waals surface area contributed by atoms with E-state index in [1.807, 2.05) is 32.0 Å². The molecule has 0 unspecified atom stereocenters. The van der Waals surface area contributed by atoms with Crippen LogP contribution in [0.25, 0.3) is 0 Å². The van der Waals surface area contributed by atoms with E-state index in [1.54, 1.807) is 38.3 Å². The molecule has 0 aromatic heterocycles. The molecule has 1 aliphatic rings. The molecular formula is C22H28N2O5S. The number of benzene rings is 2. The van der Waals surface area contributed by atoms with Crippen LogP contribution in [0.1, 0.15) is 37.4 Å². The zero-order valence-electron chi connectivity index (χ0n) is 17.7. The molecule has 0 bridgehead atoms. The van der Waals surface area contributed by atoms with Crippen LogP contribution in [-0.2, 0) is 14.8 Å². The average Bonchev–Trinajstić information content (AvgIpc) is 2.76. The fourth-order valence-electron chi connectivity index (χ4n) is 3.56. The van der Waals surface area contributed by atoms with Crippen LogP contribution >= 0.6 is 0 Å². The first-order valence-corrected chi connectivity index (χ1v) is 11.6. The largest absolute Gasteiger partial charge is 0.496 e. The Balaban J connectivity index is 1.83. The van der Waals surface area contributed by atoms with Crippen LogP contribution in [0.5, 0.6) is 11.5 Å². The number of ether oxygens (including phenoxy) is 2. The van der Waals surface area contributed by atoms with E-state index >= 15 is 0 Å². The van der Waals surface area contributed by atoms with Crippen LogP contribution in [-0.4, -0.2) is 39.8 Å². The maximum atomic E-state index is 13.0. The number of methoxy groups -OCH3 is 1. The first kappa shape index (κ1) is 22.0. The van der Waals surface area contributed by atoms with E-state index in [0.29, 0.717) is 17.9 Å². The van der Waals surface area contributed by atoms with Crippen molar-refractivity contribution in [2.45, 2.75) is 39.3 Å². The summed E-state index contributed by atoms with van der Waals surface area (Å²) in [5.41, 5.74) is 2.39. The number of nitrogens with one attached hydrogen (secondary N) is 1. The van der Waals surface area contributed by atoms with E-state index in [2.05, 4.69) is 5.32 Å². The summed E-state index contributed by atoms with van der Waals surface area (Å²) < 4.78 is 37.7. The molecule has 2 aromatic rings. The number of rotatable bonds is 7. The SMILES string of the molecule is CC[C@@H](NC(=O)[C@@H]1CN(S(=O)(=O)CC)c2ccccc2O1)c1ccc(OC)c(C)c1. The first-order valence-electron chi connectivity index (χ1n) is 10.0. The Hall–Kier alpha value is -2.74. The predicted molar refractivity (Wildman–Crippen MR) is 117 cm³/mol. The molecule has 7 nitrogen and oxygen atoms in total. The number of nitrogens with zero attached hydrogens (tertiary/aromatic N) is 1. The highest BCUT2D eigenvalue weighted by Gasteiger charge is 2.36. The summed E-state index contributed by atoms with van der Waals surface area (Å²) in [7, 11) is -1.92. The van der Waals surface area contributed by atoms with E-state index < -0.39 is 16.1 Å². The van der Waals surface area contributed by atoms with Crippen molar-refractivity contribution in [2.75, 3.05) is 23.7 Å². The number of hydrogen-bond donors (Lipinski definition) is 1. The fraction of sp³-hybridized carbons (Fsp3) is 0.409. The van der Waals surface area contributed by atoms with Crippen LogP contribution in [0.3, 0.4) is 0 Å². The van der Waals surface area contributed by atoms with Crippen LogP contribution in [0.2, 0.25) is 0 Å². The Morgan fingerprint density at radius 3 is 2.63 bits per heavy atom. The van der Waals surface area contributed by atoms with Gasteiger partial charge in [0.1, 0.15) is 11.5 Å². The van der Waals surface area contributed by atoms with Crippen molar-refractivity contribution in [1.29, 1.82) is 0 Å². The fourth-order valence-corrected chi connectivity index (χ4v) is 4.69. The molecule has 0 aliphatic carbocycles. The minimum Gasteiger partial charge on any atom is -0.496 e. The van der Waals surface area contributed by atoms with Gasteiger partial charge in [-0.15, -0.1) is 0 Å². The summed E-state index contributed by atoms with van der Waals surface area (Å²) in [4.78, 5) is 13.0. The Morgan fingerprint density at radius 1 is 1.27 bits per heavy atom. The lowest BCUT2D eigenvalue weighted by Gasteiger charge is -2.35. The van der Waals surface area contributed by atoms with Gasteiger partial charge in [-0.25, -0.2) is 8.42 Å². The molecule has 8 heteroatoms. The van der Waals surface area contributed by atoms with Gasteiger partial charge in [0.05, 0.1) is 31.1 Å². The van der Waals surface area contributed by atoms with Gasteiger partial charge < -0.3 is 14.8 Å². The molecular weight excluding hydrogens is 404 g/mol. The second-order valence-electron chi connectivity index (χ2n) is 7.20. The smallest absolute Gasteiger partial charge is 0.263 e. The van der Waals surface area contributed by atoms with Gasteiger partial charge in [0.2, 0.25) is 10.0 Å². The number of aryl methyl sites for hydroxylation is 1. The molecule has 1 N–H and O–H groups in total. The summed E-state index contributed by atoms with van der Waals surface area (Å²) >= 11 is 0. The molecule has 0 radical (unpaired) electrons. The molecule has 30 heavy (non-hydrogen) atoms. The standard InChI is InChI=1S/C22H28N2O5S/c1-5-17(16-11-12-19(28-4)15(3)13-16)23-22(25)21-14-24(30(26,27)6-2)18-9-7-8-10-20(18)29-21/h7-13,17,21H,5-6,14H2,1-4H3,(H,23,25)/t17-,21+/m1/s1. The molecule has 1 amide bonds. The molecule has 162 valence electrons. The maximum absolute atomic E-state index is 13.0. The minimum atomic E-state index is -3.54. The van der Waals surface area contributed by atoms with Crippen LogP contribution in [0.15, 0.2) is 42.5 Å². The summed E-state index contributed by atoms with van der Waals surface area (Å²) in [5, 5.41) is 3.01. The second-order valence-corrected chi connectivity index (χ2v) is 9.39. The molecule has 0 saturated carbocycles. The van der Waals surface area contributed by atoms with Gasteiger partial charge in [0.15, 0.2) is 6.10 Å². The topological polar surface area (TPSA) is 84.9 Å². The number of amides is 1. The van der Waals surface area contributed by atoms with E-state index in [4.69, 9.17) is 9.47 Å². The van der Waals surface area contributed by atoms with Gasteiger partial charge in [-0.05, 0) is 49.6 Å². The number of hydrogen-bond acceptors (Lipinski definition) is 5. The van der Waals surface area contributed by atoms with Gasteiger partial charge in [0.25, 0.3) is 5.91 Å². The number of para-hydroxylation sites is 2.